The molecule has 1 N–H and O–H groups in total. The first-order chi connectivity index (χ1) is 12.2. The molecule has 0 aliphatic heterocycles. The zero-order chi connectivity index (χ0) is 17.6. The highest BCUT2D eigenvalue weighted by Gasteiger charge is 2.30. The Labute approximate surface area is 149 Å². The van der Waals surface area contributed by atoms with Gasteiger partial charge < -0.3 is 10.1 Å². The van der Waals surface area contributed by atoms with Gasteiger partial charge in [0, 0.05) is 6.04 Å². The summed E-state index contributed by atoms with van der Waals surface area (Å²) in [5.74, 6) is 0.954. The summed E-state index contributed by atoms with van der Waals surface area (Å²) in [5.41, 5.74) is 1.26. The lowest BCUT2D eigenvalue weighted by Gasteiger charge is -2.20. The molecule has 0 spiro atoms. The van der Waals surface area contributed by atoms with Gasteiger partial charge in [-0.25, -0.2) is 4.68 Å². The highest BCUT2D eigenvalue weighted by atomic mass is 16.5. The van der Waals surface area contributed by atoms with Crippen LogP contribution in [0.2, 0.25) is 0 Å². The second kappa shape index (κ2) is 8.19. The summed E-state index contributed by atoms with van der Waals surface area (Å²) in [4.78, 5) is 12.8. The predicted octanol–water partition coefficient (Wildman–Crippen LogP) is 3.97. The highest BCUT2D eigenvalue weighted by Crippen LogP contribution is 2.30. The second-order valence-electron chi connectivity index (χ2n) is 6.74. The summed E-state index contributed by atoms with van der Waals surface area (Å²) >= 11 is 0. The van der Waals surface area contributed by atoms with E-state index in [1.165, 1.54) is 32.1 Å². The summed E-state index contributed by atoms with van der Waals surface area (Å²) in [7, 11) is 1.57. The van der Waals surface area contributed by atoms with Crippen LogP contribution in [0.3, 0.4) is 0 Å². The van der Waals surface area contributed by atoms with Crippen molar-refractivity contribution < 1.29 is 9.53 Å². The van der Waals surface area contributed by atoms with Gasteiger partial charge in [0.05, 0.1) is 19.0 Å². The smallest absolute Gasteiger partial charge is 0.275 e. The molecule has 3 rings (SSSR count). The van der Waals surface area contributed by atoms with Gasteiger partial charge in [-0.2, -0.15) is 5.10 Å². The molecule has 1 amide bonds. The first kappa shape index (κ1) is 17.5. The molecule has 1 aromatic heterocycles. The maximum Gasteiger partial charge on any atom is 0.275 e. The largest absolute Gasteiger partial charge is 0.493 e. The number of unbranched alkanes of at least 4 members (excludes halogenated alkanes) is 1. The van der Waals surface area contributed by atoms with Crippen LogP contribution in [0.5, 0.6) is 5.75 Å². The molecule has 1 aliphatic rings. The minimum atomic E-state index is -0.139. The van der Waals surface area contributed by atoms with Crippen LogP contribution in [0.4, 0.5) is 0 Å². The molecule has 2 unspecified atom stereocenters. The molecule has 1 saturated carbocycles. The molecule has 1 aromatic carbocycles. The first-order valence-electron chi connectivity index (χ1n) is 9.23. The SMILES string of the molecule is CCCCC1CCCC1NC(=O)c1nn(-c2ccccc2)cc1OC. The number of carbonyl (C=O) groups excluding carboxylic acids is 1. The number of carbonyl (C=O) groups is 1. The Bertz CT molecular complexity index is 696. The third kappa shape index (κ3) is 4.03. The number of aromatic nitrogens is 2. The number of rotatable bonds is 7. The van der Waals surface area contributed by atoms with E-state index in [-0.39, 0.29) is 11.9 Å². The monoisotopic (exact) mass is 341 g/mol. The number of para-hydroxylation sites is 1. The van der Waals surface area contributed by atoms with Gasteiger partial charge in [0.15, 0.2) is 11.4 Å². The minimum absolute atomic E-state index is 0.139. The molecule has 1 heterocycles. The number of nitrogens with one attached hydrogen (secondary N) is 1. The zero-order valence-corrected chi connectivity index (χ0v) is 15.1. The Morgan fingerprint density at radius 3 is 2.84 bits per heavy atom. The molecule has 0 saturated heterocycles. The van der Waals surface area contributed by atoms with Crippen LogP contribution in [0.15, 0.2) is 36.5 Å². The Morgan fingerprint density at radius 1 is 1.32 bits per heavy atom. The lowest BCUT2D eigenvalue weighted by Crippen LogP contribution is -2.37. The number of amides is 1. The fourth-order valence-electron chi connectivity index (χ4n) is 3.65. The number of methoxy groups -OCH3 is 1. The molecule has 1 aliphatic carbocycles. The van der Waals surface area contributed by atoms with Crippen molar-refractivity contribution >= 4 is 5.91 Å². The molecule has 0 radical (unpaired) electrons. The summed E-state index contributed by atoms with van der Waals surface area (Å²) in [6.07, 6.45) is 8.83. The summed E-state index contributed by atoms with van der Waals surface area (Å²) in [6.45, 7) is 2.21. The van der Waals surface area contributed by atoms with Crippen LogP contribution < -0.4 is 10.1 Å². The lowest BCUT2D eigenvalue weighted by atomic mass is 9.96. The molecule has 5 nitrogen and oxygen atoms in total. The first-order valence-corrected chi connectivity index (χ1v) is 9.23. The zero-order valence-electron chi connectivity index (χ0n) is 15.1. The lowest BCUT2D eigenvalue weighted by molar-refractivity contribution is 0.0918. The number of hydrogen-bond acceptors (Lipinski definition) is 3. The van der Waals surface area contributed by atoms with Crippen molar-refractivity contribution in [2.45, 2.75) is 51.5 Å². The van der Waals surface area contributed by atoms with E-state index in [4.69, 9.17) is 4.74 Å². The average molecular weight is 341 g/mol. The maximum absolute atomic E-state index is 12.8. The average Bonchev–Trinajstić information content (AvgIpc) is 3.27. The van der Waals surface area contributed by atoms with E-state index in [2.05, 4.69) is 17.3 Å². The van der Waals surface area contributed by atoms with Crippen LogP contribution in [-0.2, 0) is 0 Å². The van der Waals surface area contributed by atoms with Gasteiger partial charge >= 0.3 is 0 Å². The van der Waals surface area contributed by atoms with Crippen LogP contribution >= 0.6 is 0 Å². The van der Waals surface area contributed by atoms with Crippen molar-refractivity contribution in [3.8, 4) is 11.4 Å². The van der Waals surface area contributed by atoms with E-state index in [1.807, 2.05) is 30.3 Å². The normalized spacial score (nSPS) is 19.8. The Balaban J connectivity index is 1.74. The molecule has 2 atom stereocenters. The van der Waals surface area contributed by atoms with Gasteiger partial charge in [-0.05, 0) is 37.3 Å². The van der Waals surface area contributed by atoms with Crippen LogP contribution in [0, 0.1) is 5.92 Å². The van der Waals surface area contributed by atoms with Crippen LogP contribution in [-0.4, -0.2) is 28.8 Å². The molecule has 25 heavy (non-hydrogen) atoms. The quantitative estimate of drug-likeness (QED) is 0.829. The fourth-order valence-corrected chi connectivity index (χ4v) is 3.65. The molecular weight excluding hydrogens is 314 g/mol. The van der Waals surface area contributed by atoms with Gasteiger partial charge in [0.2, 0.25) is 0 Å². The standard InChI is InChI=1S/C20H27N3O2/c1-3-4-9-15-10-8-13-17(15)21-20(24)19-18(25-2)14-23(22-19)16-11-6-5-7-12-16/h5-7,11-12,14-15,17H,3-4,8-10,13H2,1-2H3,(H,21,24). The minimum Gasteiger partial charge on any atom is -0.493 e. The third-order valence-electron chi connectivity index (χ3n) is 5.04. The summed E-state index contributed by atoms with van der Waals surface area (Å²) in [6, 6.07) is 10.00. The summed E-state index contributed by atoms with van der Waals surface area (Å²) < 4.78 is 7.07. The molecule has 1 fully saturated rings. The van der Waals surface area contributed by atoms with Gasteiger partial charge in [-0.1, -0.05) is 44.4 Å². The van der Waals surface area contributed by atoms with Crippen molar-refractivity contribution in [2.75, 3.05) is 7.11 Å². The Kier molecular flexibility index (Phi) is 5.74. The van der Waals surface area contributed by atoms with Crippen molar-refractivity contribution in [3.05, 3.63) is 42.2 Å². The molecule has 2 aromatic rings. The van der Waals surface area contributed by atoms with E-state index in [0.717, 1.165) is 12.1 Å². The Morgan fingerprint density at radius 2 is 2.12 bits per heavy atom. The number of hydrogen-bond donors (Lipinski definition) is 1. The maximum atomic E-state index is 12.8. The van der Waals surface area contributed by atoms with Crippen molar-refractivity contribution in [1.29, 1.82) is 0 Å². The number of ether oxygens (including phenoxy) is 1. The van der Waals surface area contributed by atoms with E-state index in [9.17, 15) is 4.79 Å². The van der Waals surface area contributed by atoms with Gasteiger partial charge in [0.25, 0.3) is 5.91 Å². The van der Waals surface area contributed by atoms with Crippen LogP contribution in [0.1, 0.15) is 55.9 Å². The van der Waals surface area contributed by atoms with Gasteiger partial charge in [-0.15, -0.1) is 0 Å². The summed E-state index contributed by atoms with van der Waals surface area (Å²) in [5, 5.41) is 7.66. The van der Waals surface area contributed by atoms with Gasteiger partial charge in [-0.3, -0.25) is 4.79 Å². The molecule has 134 valence electrons. The van der Waals surface area contributed by atoms with E-state index < -0.39 is 0 Å². The van der Waals surface area contributed by atoms with E-state index in [1.54, 1.807) is 18.0 Å². The van der Waals surface area contributed by atoms with Gasteiger partial charge in [0.1, 0.15) is 0 Å². The van der Waals surface area contributed by atoms with Crippen molar-refractivity contribution in [2.24, 2.45) is 5.92 Å². The fraction of sp³-hybridized carbons (Fsp3) is 0.500. The predicted molar refractivity (Wildman–Crippen MR) is 98.2 cm³/mol. The van der Waals surface area contributed by atoms with E-state index >= 15 is 0 Å². The Hall–Kier alpha value is -2.30. The topological polar surface area (TPSA) is 56.2 Å². The third-order valence-corrected chi connectivity index (χ3v) is 5.04. The number of benzene rings is 1. The second-order valence-corrected chi connectivity index (χ2v) is 6.74. The highest BCUT2D eigenvalue weighted by molar-refractivity contribution is 5.95. The molecular formula is C20H27N3O2. The molecule has 0 bridgehead atoms. The van der Waals surface area contributed by atoms with E-state index in [0.29, 0.717) is 17.4 Å². The van der Waals surface area contributed by atoms with Crippen molar-refractivity contribution in [1.82, 2.24) is 15.1 Å². The number of nitrogens with zero attached hydrogens (tertiary/aromatic N) is 2. The molecule has 5 heteroatoms. The van der Waals surface area contributed by atoms with Crippen LogP contribution in [0.25, 0.3) is 5.69 Å². The van der Waals surface area contributed by atoms with Crippen molar-refractivity contribution in [3.63, 3.8) is 0 Å².